The molecule has 1 aromatic heterocycles. The largest absolute Gasteiger partial charge is 0.399 e. The first-order chi connectivity index (χ1) is 8.75. The Labute approximate surface area is 107 Å². The molecule has 0 aliphatic heterocycles. The van der Waals surface area contributed by atoms with Crippen LogP contribution in [0.4, 0.5) is 5.69 Å². The number of carbonyl (C=O) groups is 1. The molecule has 0 saturated heterocycles. The van der Waals surface area contributed by atoms with Crippen LogP contribution in [0.1, 0.15) is 36.2 Å². The zero-order valence-electron chi connectivity index (χ0n) is 10.4. The average Bonchev–Trinajstić information content (AvgIpc) is 2.87. The van der Waals surface area contributed by atoms with Gasteiger partial charge < -0.3 is 15.8 Å². The molecule has 1 saturated carbocycles. The van der Waals surface area contributed by atoms with Crippen molar-refractivity contribution in [1.29, 1.82) is 0 Å². The molecule has 1 fully saturated rings. The monoisotopic (exact) mass is 249 g/mol. The molecule has 1 aromatic rings. The van der Waals surface area contributed by atoms with Gasteiger partial charge in [0, 0.05) is 18.4 Å². The summed E-state index contributed by atoms with van der Waals surface area (Å²) in [6.07, 6.45) is 6.70. The van der Waals surface area contributed by atoms with Crippen molar-refractivity contribution in [3.05, 3.63) is 24.0 Å². The minimum absolute atomic E-state index is 0.211. The number of nitrogens with two attached hydrogens (primary N) is 1. The van der Waals surface area contributed by atoms with Gasteiger partial charge in [0.15, 0.2) is 0 Å². The number of hydrogen-bond acceptors (Lipinski definition) is 4. The summed E-state index contributed by atoms with van der Waals surface area (Å²) in [4.78, 5) is 15.7. The van der Waals surface area contributed by atoms with Crippen LogP contribution in [0.25, 0.3) is 0 Å². The molecule has 1 heterocycles. The van der Waals surface area contributed by atoms with Crippen molar-refractivity contribution in [2.45, 2.75) is 31.8 Å². The summed E-state index contributed by atoms with van der Waals surface area (Å²) in [5.41, 5.74) is 6.47. The maximum Gasteiger partial charge on any atom is 0.270 e. The Morgan fingerprint density at radius 3 is 3.00 bits per heavy atom. The highest BCUT2D eigenvalue weighted by atomic mass is 16.5. The summed E-state index contributed by atoms with van der Waals surface area (Å²) in [6.45, 7) is 1.06. The fraction of sp³-hybridized carbons (Fsp3) is 0.538. The van der Waals surface area contributed by atoms with Crippen molar-refractivity contribution in [2.24, 2.45) is 0 Å². The van der Waals surface area contributed by atoms with E-state index in [4.69, 9.17) is 10.5 Å². The van der Waals surface area contributed by atoms with E-state index in [9.17, 15) is 4.79 Å². The molecule has 0 spiro atoms. The number of ether oxygens (including phenoxy) is 1. The van der Waals surface area contributed by atoms with Gasteiger partial charge in [-0.1, -0.05) is 12.8 Å². The highest BCUT2D eigenvalue weighted by Crippen LogP contribution is 2.20. The van der Waals surface area contributed by atoms with Gasteiger partial charge in [-0.25, -0.2) is 0 Å². The van der Waals surface area contributed by atoms with Crippen LogP contribution in [-0.2, 0) is 4.74 Å². The Balaban J connectivity index is 1.68. The molecule has 3 N–H and O–H groups in total. The first-order valence-corrected chi connectivity index (χ1v) is 6.37. The zero-order valence-corrected chi connectivity index (χ0v) is 10.4. The van der Waals surface area contributed by atoms with Crippen LogP contribution in [0.15, 0.2) is 18.3 Å². The van der Waals surface area contributed by atoms with Crippen molar-refractivity contribution in [3.8, 4) is 0 Å². The number of nitrogen functional groups attached to an aromatic ring is 1. The third-order valence-electron chi connectivity index (χ3n) is 3.06. The first-order valence-electron chi connectivity index (χ1n) is 6.37. The lowest BCUT2D eigenvalue weighted by molar-refractivity contribution is 0.0581. The molecule has 0 aromatic carbocycles. The van der Waals surface area contributed by atoms with Gasteiger partial charge in [-0.3, -0.25) is 9.78 Å². The Bertz CT molecular complexity index is 403. The smallest absolute Gasteiger partial charge is 0.270 e. The van der Waals surface area contributed by atoms with Gasteiger partial charge in [0.2, 0.25) is 0 Å². The molecule has 2 rings (SSSR count). The van der Waals surface area contributed by atoms with E-state index in [1.807, 2.05) is 0 Å². The summed E-state index contributed by atoms with van der Waals surface area (Å²) in [7, 11) is 0. The van der Waals surface area contributed by atoms with Crippen LogP contribution in [0.5, 0.6) is 0 Å². The van der Waals surface area contributed by atoms with E-state index in [1.54, 1.807) is 12.1 Å². The molecular weight excluding hydrogens is 230 g/mol. The molecule has 18 heavy (non-hydrogen) atoms. The lowest BCUT2D eigenvalue weighted by Crippen LogP contribution is -2.29. The number of rotatable bonds is 5. The molecule has 1 amide bonds. The van der Waals surface area contributed by atoms with Crippen LogP contribution in [0.2, 0.25) is 0 Å². The van der Waals surface area contributed by atoms with Crippen molar-refractivity contribution in [1.82, 2.24) is 10.3 Å². The van der Waals surface area contributed by atoms with E-state index < -0.39 is 0 Å². The van der Waals surface area contributed by atoms with Gasteiger partial charge in [0.25, 0.3) is 5.91 Å². The third-order valence-corrected chi connectivity index (χ3v) is 3.06. The summed E-state index contributed by atoms with van der Waals surface area (Å²) < 4.78 is 5.65. The summed E-state index contributed by atoms with van der Waals surface area (Å²) in [5.74, 6) is -0.211. The topological polar surface area (TPSA) is 77.2 Å². The van der Waals surface area contributed by atoms with Gasteiger partial charge in [0.05, 0.1) is 12.7 Å². The molecule has 1 aliphatic rings. The van der Waals surface area contributed by atoms with E-state index in [2.05, 4.69) is 10.3 Å². The lowest BCUT2D eigenvalue weighted by Gasteiger charge is -2.11. The molecular formula is C13H19N3O2. The van der Waals surface area contributed by atoms with Crippen molar-refractivity contribution < 1.29 is 9.53 Å². The predicted octanol–water partition coefficient (Wildman–Crippen LogP) is 1.35. The van der Waals surface area contributed by atoms with Crippen LogP contribution < -0.4 is 11.1 Å². The number of carbonyl (C=O) groups excluding carboxylic acids is 1. The SMILES string of the molecule is Nc1ccnc(C(=O)NCCOC2CCCC2)c1. The van der Waals surface area contributed by atoms with Gasteiger partial charge in [-0.15, -0.1) is 0 Å². The summed E-state index contributed by atoms with van der Waals surface area (Å²) >= 11 is 0. The maximum absolute atomic E-state index is 11.7. The van der Waals surface area contributed by atoms with E-state index in [-0.39, 0.29) is 5.91 Å². The number of nitrogens with zero attached hydrogens (tertiary/aromatic N) is 1. The second-order valence-electron chi connectivity index (χ2n) is 4.51. The van der Waals surface area contributed by atoms with Gasteiger partial charge in [-0.05, 0) is 25.0 Å². The van der Waals surface area contributed by atoms with Gasteiger partial charge in [0.1, 0.15) is 5.69 Å². The standard InChI is InChI=1S/C13H19N3O2/c14-10-5-6-15-12(9-10)13(17)16-7-8-18-11-3-1-2-4-11/h5-6,9,11H,1-4,7-8H2,(H2,14,15)(H,16,17). The van der Waals surface area contributed by atoms with E-state index >= 15 is 0 Å². The Morgan fingerprint density at radius 2 is 2.28 bits per heavy atom. The minimum Gasteiger partial charge on any atom is -0.399 e. The molecule has 0 unspecified atom stereocenters. The van der Waals surface area contributed by atoms with Gasteiger partial charge in [-0.2, -0.15) is 0 Å². The Kier molecular flexibility index (Phi) is 4.52. The predicted molar refractivity (Wildman–Crippen MR) is 69.2 cm³/mol. The lowest BCUT2D eigenvalue weighted by atomic mass is 10.3. The fourth-order valence-corrected chi connectivity index (χ4v) is 2.11. The van der Waals surface area contributed by atoms with E-state index in [0.29, 0.717) is 30.6 Å². The molecule has 0 bridgehead atoms. The fourth-order valence-electron chi connectivity index (χ4n) is 2.11. The van der Waals surface area contributed by atoms with Crippen molar-refractivity contribution >= 4 is 11.6 Å². The van der Waals surface area contributed by atoms with Crippen LogP contribution >= 0.6 is 0 Å². The Morgan fingerprint density at radius 1 is 1.50 bits per heavy atom. The molecule has 5 nitrogen and oxygen atoms in total. The van der Waals surface area contributed by atoms with E-state index in [0.717, 1.165) is 12.8 Å². The second-order valence-corrected chi connectivity index (χ2v) is 4.51. The second kappa shape index (κ2) is 6.35. The van der Waals surface area contributed by atoms with E-state index in [1.165, 1.54) is 19.0 Å². The summed E-state index contributed by atoms with van der Waals surface area (Å²) in [5, 5.41) is 2.77. The average molecular weight is 249 g/mol. The van der Waals surface area contributed by atoms with Crippen LogP contribution in [0.3, 0.4) is 0 Å². The number of pyridine rings is 1. The number of amides is 1. The maximum atomic E-state index is 11.7. The molecule has 1 aliphatic carbocycles. The zero-order chi connectivity index (χ0) is 12.8. The highest BCUT2D eigenvalue weighted by molar-refractivity contribution is 5.92. The van der Waals surface area contributed by atoms with Gasteiger partial charge >= 0.3 is 0 Å². The number of aromatic nitrogens is 1. The van der Waals surface area contributed by atoms with Crippen LogP contribution in [-0.4, -0.2) is 30.1 Å². The quantitative estimate of drug-likeness (QED) is 0.772. The normalized spacial score (nSPS) is 15.8. The molecule has 5 heteroatoms. The Hall–Kier alpha value is -1.62. The number of nitrogens with one attached hydrogen (secondary N) is 1. The van der Waals surface area contributed by atoms with Crippen LogP contribution in [0, 0.1) is 0 Å². The number of hydrogen-bond donors (Lipinski definition) is 2. The molecule has 98 valence electrons. The number of anilines is 1. The van der Waals surface area contributed by atoms with Crippen molar-refractivity contribution in [3.63, 3.8) is 0 Å². The van der Waals surface area contributed by atoms with Crippen molar-refractivity contribution in [2.75, 3.05) is 18.9 Å². The minimum atomic E-state index is -0.211. The third kappa shape index (κ3) is 3.70. The highest BCUT2D eigenvalue weighted by Gasteiger charge is 2.15. The molecule has 0 atom stereocenters. The summed E-state index contributed by atoms with van der Waals surface area (Å²) in [6, 6.07) is 3.22. The molecule has 0 radical (unpaired) electrons. The first kappa shape index (κ1) is 12.8.